The van der Waals surface area contributed by atoms with Gasteiger partial charge in [0.1, 0.15) is 11.9 Å². The number of nitrogens with zero attached hydrogens (tertiary/aromatic N) is 4. The number of likely N-dealkylation sites (tertiary alicyclic amines) is 1. The van der Waals surface area contributed by atoms with Crippen molar-refractivity contribution in [2.24, 2.45) is 11.8 Å². The molecule has 1 N–H and O–H groups in total. The topological polar surface area (TPSA) is 96.9 Å². The molecule has 0 aliphatic carbocycles. The lowest BCUT2D eigenvalue weighted by molar-refractivity contribution is -0.137. The monoisotopic (exact) mass is 451 g/mol. The molecule has 3 aliphatic rings. The molecule has 1 unspecified atom stereocenters. The van der Waals surface area contributed by atoms with Crippen LogP contribution in [0.4, 0.5) is 11.5 Å². The maximum absolute atomic E-state index is 12.7. The van der Waals surface area contributed by atoms with E-state index in [9.17, 15) is 9.59 Å². The highest BCUT2D eigenvalue weighted by molar-refractivity contribution is 5.94. The number of benzene rings is 1. The number of aromatic nitrogens is 2. The van der Waals surface area contributed by atoms with Crippen molar-refractivity contribution in [2.45, 2.75) is 25.4 Å². The standard InChI is InChI=1S/C24H29N5O4/c30-23(18-14-29(15-18)22-2-1-10-25-27-22)26-19-3-5-20(6-4-19)33-21-7-11-28(16-21)24(31)17-8-12-32-13-9-17/h1-6,10,17-18,21H,7-9,11-16H2,(H,26,30). The summed E-state index contributed by atoms with van der Waals surface area (Å²) in [5.74, 6) is 1.79. The van der Waals surface area contributed by atoms with Gasteiger partial charge in [-0.25, -0.2) is 0 Å². The molecule has 3 saturated heterocycles. The van der Waals surface area contributed by atoms with E-state index in [0.717, 1.165) is 43.1 Å². The highest BCUT2D eigenvalue weighted by Gasteiger charge is 2.34. The van der Waals surface area contributed by atoms with Crippen LogP contribution in [0.25, 0.3) is 0 Å². The molecule has 0 saturated carbocycles. The van der Waals surface area contributed by atoms with E-state index in [1.54, 1.807) is 6.20 Å². The molecular formula is C24H29N5O4. The fourth-order valence-corrected chi connectivity index (χ4v) is 4.57. The van der Waals surface area contributed by atoms with Gasteiger partial charge in [0, 0.05) is 57.1 Å². The zero-order valence-corrected chi connectivity index (χ0v) is 18.6. The SMILES string of the molecule is O=C(Nc1ccc(OC2CCN(C(=O)C3CCOCC3)C2)cc1)C1CN(c2cccnn2)C1. The van der Waals surface area contributed by atoms with Crippen molar-refractivity contribution in [1.82, 2.24) is 15.1 Å². The molecule has 0 spiro atoms. The predicted octanol–water partition coefficient (Wildman–Crippen LogP) is 1.96. The number of carbonyl (C=O) groups is 2. The van der Waals surface area contributed by atoms with Crippen LogP contribution in [-0.2, 0) is 14.3 Å². The number of hydrogen-bond acceptors (Lipinski definition) is 7. The number of nitrogens with one attached hydrogen (secondary N) is 1. The Morgan fingerprint density at radius 3 is 2.52 bits per heavy atom. The highest BCUT2D eigenvalue weighted by atomic mass is 16.5. The van der Waals surface area contributed by atoms with E-state index < -0.39 is 0 Å². The third-order valence-corrected chi connectivity index (χ3v) is 6.59. The maximum atomic E-state index is 12.7. The van der Waals surface area contributed by atoms with Crippen LogP contribution in [0.5, 0.6) is 5.75 Å². The van der Waals surface area contributed by atoms with Gasteiger partial charge in [0.25, 0.3) is 0 Å². The van der Waals surface area contributed by atoms with Crippen LogP contribution in [0.3, 0.4) is 0 Å². The van der Waals surface area contributed by atoms with Gasteiger partial charge in [-0.2, -0.15) is 5.10 Å². The maximum Gasteiger partial charge on any atom is 0.231 e. The minimum atomic E-state index is -0.0688. The third-order valence-electron chi connectivity index (χ3n) is 6.59. The smallest absolute Gasteiger partial charge is 0.231 e. The fourth-order valence-electron chi connectivity index (χ4n) is 4.57. The molecular weight excluding hydrogens is 422 g/mol. The Bertz CT molecular complexity index is 959. The molecule has 174 valence electrons. The molecule has 0 bridgehead atoms. The van der Waals surface area contributed by atoms with Gasteiger partial charge in [-0.1, -0.05) is 0 Å². The van der Waals surface area contributed by atoms with Gasteiger partial charge >= 0.3 is 0 Å². The number of ether oxygens (including phenoxy) is 2. The van der Waals surface area contributed by atoms with Crippen LogP contribution in [0, 0.1) is 11.8 Å². The van der Waals surface area contributed by atoms with E-state index in [2.05, 4.69) is 15.5 Å². The highest BCUT2D eigenvalue weighted by Crippen LogP contribution is 2.26. The first-order chi connectivity index (χ1) is 16.2. The lowest BCUT2D eigenvalue weighted by Gasteiger charge is -2.38. The van der Waals surface area contributed by atoms with Gasteiger partial charge in [0.2, 0.25) is 11.8 Å². The largest absolute Gasteiger partial charge is 0.489 e. The molecule has 2 aromatic rings. The Kier molecular flexibility index (Phi) is 6.39. The summed E-state index contributed by atoms with van der Waals surface area (Å²) in [6.07, 6.45) is 4.09. The van der Waals surface area contributed by atoms with Crippen LogP contribution in [0.15, 0.2) is 42.6 Å². The van der Waals surface area contributed by atoms with Crippen molar-refractivity contribution in [1.29, 1.82) is 0 Å². The summed E-state index contributed by atoms with van der Waals surface area (Å²) in [6.45, 7) is 3.98. The van der Waals surface area contributed by atoms with Gasteiger partial charge in [-0.3, -0.25) is 9.59 Å². The van der Waals surface area contributed by atoms with Crippen molar-refractivity contribution < 1.29 is 19.1 Å². The molecule has 33 heavy (non-hydrogen) atoms. The molecule has 9 nitrogen and oxygen atoms in total. The summed E-state index contributed by atoms with van der Waals surface area (Å²) in [6, 6.07) is 11.2. The summed E-state index contributed by atoms with van der Waals surface area (Å²) in [4.78, 5) is 29.2. The Hall–Kier alpha value is -3.20. The van der Waals surface area contributed by atoms with Gasteiger partial charge in [-0.05, 0) is 49.2 Å². The second-order valence-electron chi connectivity index (χ2n) is 8.90. The van der Waals surface area contributed by atoms with Gasteiger partial charge in [0.05, 0.1) is 12.5 Å². The van der Waals surface area contributed by atoms with Crippen molar-refractivity contribution in [3.05, 3.63) is 42.6 Å². The van der Waals surface area contributed by atoms with Gasteiger partial charge < -0.3 is 24.6 Å². The van der Waals surface area contributed by atoms with E-state index >= 15 is 0 Å². The Morgan fingerprint density at radius 2 is 1.79 bits per heavy atom. The van der Waals surface area contributed by atoms with E-state index in [1.165, 1.54) is 0 Å². The Labute approximate surface area is 193 Å². The van der Waals surface area contributed by atoms with Crippen LogP contribution in [-0.4, -0.2) is 72.4 Å². The molecule has 1 aromatic carbocycles. The van der Waals surface area contributed by atoms with E-state index in [1.807, 2.05) is 46.2 Å². The van der Waals surface area contributed by atoms with Crippen molar-refractivity contribution in [2.75, 3.05) is 49.6 Å². The molecule has 2 amide bonds. The second kappa shape index (κ2) is 9.74. The van der Waals surface area contributed by atoms with E-state index in [0.29, 0.717) is 32.8 Å². The first kappa shape index (κ1) is 21.6. The molecule has 0 radical (unpaired) electrons. The summed E-state index contributed by atoms with van der Waals surface area (Å²) >= 11 is 0. The lowest BCUT2D eigenvalue weighted by atomic mass is 9.99. The first-order valence-electron chi connectivity index (χ1n) is 11.6. The minimum absolute atomic E-state index is 0.00173. The molecule has 1 atom stereocenters. The van der Waals surface area contributed by atoms with Gasteiger partial charge in [0.15, 0.2) is 5.82 Å². The average Bonchev–Trinajstić information content (AvgIpc) is 3.29. The zero-order valence-electron chi connectivity index (χ0n) is 18.6. The van der Waals surface area contributed by atoms with Crippen LogP contribution in [0.2, 0.25) is 0 Å². The lowest BCUT2D eigenvalue weighted by Crippen LogP contribution is -2.52. The predicted molar refractivity (Wildman–Crippen MR) is 122 cm³/mol. The molecule has 5 rings (SSSR count). The molecule has 4 heterocycles. The number of carbonyl (C=O) groups excluding carboxylic acids is 2. The number of amides is 2. The fraction of sp³-hybridized carbons (Fsp3) is 0.500. The summed E-state index contributed by atoms with van der Waals surface area (Å²) in [5, 5.41) is 10.9. The van der Waals surface area contributed by atoms with Gasteiger partial charge in [-0.15, -0.1) is 5.10 Å². The zero-order chi connectivity index (χ0) is 22.6. The summed E-state index contributed by atoms with van der Waals surface area (Å²) < 4.78 is 11.5. The number of rotatable bonds is 6. The third kappa shape index (κ3) is 5.08. The molecule has 3 aliphatic heterocycles. The molecule has 9 heteroatoms. The Morgan fingerprint density at radius 1 is 1.00 bits per heavy atom. The minimum Gasteiger partial charge on any atom is -0.489 e. The second-order valence-corrected chi connectivity index (χ2v) is 8.90. The molecule has 3 fully saturated rings. The van der Waals surface area contributed by atoms with Crippen LogP contribution in [0.1, 0.15) is 19.3 Å². The number of anilines is 2. The first-order valence-corrected chi connectivity index (χ1v) is 11.6. The van der Waals surface area contributed by atoms with Crippen molar-refractivity contribution in [3.8, 4) is 5.75 Å². The number of hydrogen-bond donors (Lipinski definition) is 1. The Balaban J connectivity index is 1.07. The van der Waals surface area contributed by atoms with E-state index in [4.69, 9.17) is 9.47 Å². The normalized spacial score (nSPS) is 21.5. The van der Waals surface area contributed by atoms with Crippen LogP contribution >= 0.6 is 0 Å². The average molecular weight is 452 g/mol. The van der Waals surface area contributed by atoms with Crippen molar-refractivity contribution in [3.63, 3.8) is 0 Å². The molecule has 1 aromatic heterocycles. The van der Waals surface area contributed by atoms with Crippen molar-refractivity contribution >= 4 is 23.3 Å². The quantitative estimate of drug-likeness (QED) is 0.717. The van der Waals surface area contributed by atoms with Crippen LogP contribution < -0.4 is 15.0 Å². The summed E-state index contributed by atoms with van der Waals surface area (Å²) in [5.41, 5.74) is 0.744. The van der Waals surface area contributed by atoms with E-state index in [-0.39, 0.29) is 29.8 Å². The summed E-state index contributed by atoms with van der Waals surface area (Å²) in [7, 11) is 0.